The van der Waals surface area contributed by atoms with Crippen LogP contribution in [-0.2, 0) is 6.54 Å². The van der Waals surface area contributed by atoms with Gasteiger partial charge in [0, 0.05) is 18.8 Å². The number of halogens is 3. The van der Waals surface area contributed by atoms with E-state index >= 15 is 0 Å². The normalized spacial score (nSPS) is 13.3. The van der Waals surface area contributed by atoms with E-state index in [0.29, 0.717) is 17.8 Å². The van der Waals surface area contributed by atoms with Crippen LogP contribution < -0.4 is 10.1 Å². The van der Waals surface area contributed by atoms with Gasteiger partial charge in [0.05, 0.1) is 28.5 Å². The molecule has 0 spiro atoms. The number of fused-ring (bicyclic) bond motifs is 1. The van der Waals surface area contributed by atoms with Crippen LogP contribution >= 0.6 is 0 Å². The number of hydrogen-bond donors (Lipinski definition) is 2. The van der Waals surface area contributed by atoms with Gasteiger partial charge in [0.25, 0.3) is 5.91 Å². The quantitative estimate of drug-likeness (QED) is 0.614. The van der Waals surface area contributed by atoms with E-state index in [1.165, 1.54) is 38.4 Å². The number of aryl methyl sites for hydroxylation is 2. The van der Waals surface area contributed by atoms with Gasteiger partial charge in [-0.25, -0.2) is 9.97 Å². The molecule has 1 aromatic carbocycles. The van der Waals surface area contributed by atoms with Crippen molar-refractivity contribution >= 4 is 16.9 Å². The minimum Gasteiger partial charge on any atom is -0.406 e. The Balaban J connectivity index is 2.03. The summed E-state index contributed by atoms with van der Waals surface area (Å²) in [5, 5.41) is 13.5. The molecular weight excluding hydrogens is 415 g/mol. The number of alkyl halides is 3. The lowest BCUT2D eigenvalue weighted by Gasteiger charge is -2.30. The van der Waals surface area contributed by atoms with Gasteiger partial charge in [-0.3, -0.25) is 9.78 Å². The molecule has 2 heterocycles. The molecule has 0 aliphatic heterocycles. The smallest absolute Gasteiger partial charge is 0.406 e. The molecule has 1 amide bonds. The Labute approximate surface area is 176 Å². The Morgan fingerprint density at radius 2 is 1.97 bits per heavy atom. The van der Waals surface area contributed by atoms with E-state index in [2.05, 4.69) is 25.0 Å². The van der Waals surface area contributed by atoms with Gasteiger partial charge in [0.1, 0.15) is 23.3 Å². The van der Waals surface area contributed by atoms with Crippen molar-refractivity contribution in [2.45, 2.75) is 52.2 Å². The van der Waals surface area contributed by atoms with E-state index < -0.39 is 29.7 Å². The molecule has 0 unspecified atom stereocenters. The van der Waals surface area contributed by atoms with Gasteiger partial charge in [-0.2, -0.15) is 0 Å². The third-order valence-electron chi connectivity index (χ3n) is 4.55. The summed E-state index contributed by atoms with van der Waals surface area (Å²) < 4.78 is 43.4. The van der Waals surface area contributed by atoms with Crippen LogP contribution in [0.15, 0.2) is 30.6 Å². The fraction of sp³-hybridized carbons (Fsp3) is 0.400. The zero-order valence-corrected chi connectivity index (χ0v) is 17.4. The Morgan fingerprint density at radius 3 is 2.52 bits per heavy atom. The van der Waals surface area contributed by atoms with E-state index in [-0.39, 0.29) is 17.0 Å². The fourth-order valence-corrected chi connectivity index (χ4v) is 3.15. The van der Waals surface area contributed by atoms with Gasteiger partial charge in [0.15, 0.2) is 0 Å². The SMILES string of the molecule is CCn1c([C@@H](NC(=O)c2cnc(C)cn2)C(C)(C)O)nc2cc(OC(F)(F)F)ccc21. The van der Waals surface area contributed by atoms with Crippen LogP contribution in [-0.4, -0.2) is 42.5 Å². The number of ether oxygens (including phenoxy) is 1. The lowest BCUT2D eigenvalue weighted by molar-refractivity contribution is -0.274. The van der Waals surface area contributed by atoms with Crippen LogP contribution in [0.4, 0.5) is 13.2 Å². The second-order valence-corrected chi connectivity index (χ2v) is 7.52. The average Bonchev–Trinajstić information content (AvgIpc) is 3.01. The van der Waals surface area contributed by atoms with Crippen LogP contribution in [0, 0.1) is 6.92 Å². The summed E-state index contributed by atoms with van der Waals surface area (Å²) in [5.74, 6) is -0.705. The van der Waals surface area contributed by atoms with Crippen LogP contribution in [0.2, 0.25) is 0 Å². The summed E-state index contributed by atoms with van der Waals surface area (Å²) in [6, 6.07) is 2.81. The van der Waals surface area contributed by atoms with Gasteiger partial charge in [-0.15, -0.1) is 13.2 Å². The van der Waals surface area contributed by atoms with Crippen molar-refractivity contribution < 1.29 is 27.8 Å². The first-order valence-electron chi connectivity index (χ1n) is 9.47. The summed E-state index contributed by atoms with van der Waals surface area (Å²) in [4.78, 5) is 25.2. The van der Waals surface area contributed by atoms with Crippen molar-refractivity contribution in [1.82, 2.24) is 24.8 Å². The monoisotopic (exact) mass is 437 g/mol. The number of carbonyl (C=O) groups excluding carboxylic acids is 1. The zero-order chi connectivity index (χ0) is 23.0. The highest BCUT2D eigenvalue weighted by molar-refractivity contribution is 5.92. The van der Waals surface area contributed by atoms with E-state index in [4.69, 9.17) is 0 Å². The molecule has 0 saturated carbocycles. The fourth-order valence-electron chi connectivity index (χ4n) is 3.15. The molecule has 2 aromatic heterocycles. The Morgan fingerprint density at radius 1 is 1.26 bits per heavy atom. The van der Waals surface area contributed by atoms with Crippen molar-refractivity contribution in [3.05, 3.63) is 47.8 Å². The van der Waals surface area contributed by atoms with Gasteiger partial charge < -0.3 is 19.7 Å². The molecule has 0 bridgehead atoms. The second-order valence-electron chi connectivity index (χ2n) is 7.52. The van der Waals surface area contributed by atoms with Gasteiger partial charge >= 0.3 is 6.36 Å². The van der Waals surface area contributed by atoms with Crippen LogP contribution in [0.25, 0.3) is 11.0 Å². The Hall–Kier alpha value is -3.21. The molecular formula is C20H22F3N5O3. The number of rotatable bonds is 6. The molecule has 0 radical (unpaired) electrons. The first-order valence-corrected chi connectivity index (χ1v) is 9.47. The number of benzene rings is 1. The Kier molecular flexibility index (Phi) is 5.90. The molecule has 0 aliphatic rings. The number of aliphatic hydroxyl groups is 1. The third kappa shape index (κ3) is 5.10. The molecule has 0 aliphatic carbocycles. The summed E-state index contributed by atoms with van der Waals surface area (Å²) >= 11 is 0. The molecule has 3 aromatic rings. The molecule has 8 nitrogen and oxygen atoms in total. The van der Waals surface area contributed by atoms with E-state index in [0.717, 1.165) is 6.07 Å². The zero-order valence-electron chi connectivity index (χ0n) is 17.4. The average molecular weight is 437 g/mol. The highest BCUT2D eigenvalue weighted by Crippen LogP contribution is 2.31. The molecule has 11 heteroatoms. The van der Waals surface area contributed by atoms with Crippen LogP contribution in [0.3, 0.4) is 0 Å². The number of amides is 1. The predicted octanol–water partition coefficient (Wildman–Crippen LogP) is 3.30. The number of imidazole rings is 1. The van der Waals surface area contributed by atoms with Gasteiger partial charge in [-0.1, -0.05) is 0 Å². The second kappa shape index (κ2) is 8.14. The predicted molar refractivity (Wildman–Crippen MR) is 105 cm³/mol. The minimum atomic E-state index is -4.83. The molecule has 0 saturated heterocycles. The van der Waals surface area contributed by atoms with Crippen molar-refractivity contribution in [2.75, 3.05) is 0 Å². The van der Waals surface area contributed by atoms with Crippen molar-refractivity contribution in [3.63, 3.8) is 0 Å². The number of carbonyl (C=O) groups is 1. The first-order chi connectivity index (χ1) is 14.4. The van der Waals surface area contributed by atoms with Crippen molar-refractivity contribution in [1.29, 1.82) is 0 Å². The molecule has 2 N–H and O–H groups in total. The summed E-state index contributed by atoms with van der Waals surface area (Å²) in [6.45, 7) is 6.94. The standard InChI is InChI=1S/C20H22F3N5O3/c1-5-28-15-7-6-12(31-20(21,22)23)8-13(15)26-17(28)16(19(3,4)30)27-18(29)14-10-24-11(2)9-25-14/h6-10,16,30H,5H2,1-4H3,(H,27,29)/t16-/m1/s1. The van der Waals surface area contributed by atoms with Crippen LogP contribution in [0.1, 0.15) is 48.8 Å². The highest BCUT2D eigenvalue weighted by atomic mass is 19.4. The lowest BCUT2D eigenvalue weighted by Crippen LogP contribution is -2.43. The summed E-state index contributed by atoms with van der Waals surface area (Å²) in [5.41, 5.74) is 0.0101. The van der Waals surface area contributed by atoms with Crippen molar-refractivity contribution in [2.24, 2.45) is 0 Å². The first kappa shape index (κ1) is 22.5. The maximum Gasteiger partial charge on any atom is 0.573 e. The van der Waals surface area contributed by atoms with Gasteiger partial charge in [0.2, 0.25) is 0 Å². The number of hydrogen-bond acceptors (Lipinski definition) is 6. The summed E-state index contributed by atoms with van der Waals surface area (Å²) in [7, 11) is 0. The minimum absolute atomic E-state index is 0.0554. The maximum absolute atomic E-state index is 12.7. The topological polar surface area (TPSA) is 102 Å². The molecule has 0 fully saturated rings. The highest BCUT2D eigenvalue weighted by Gasteiger charge is 2.35. The molecule has 3 rings (SSSR count). The van der Waals surface area contributed by atoms with E-state index in [9.17, 15) is 23.1 Å². The van der Waals surface area contributed by atoms with Gasteiger partial charge in [-0.05, 0) is 39.8 Å². The number of aromatic nitrogens is 4. The van der Waals surface area contributed by atoms with E-state index in [1.54, 1.807) is 11.5 Å². The molecule has 31 heavy (non-hydrogen) atoms. The van der Waals surface area contributed by atoms with Crippen LogP contribution in [0.5, 0.6) is 5.75 Å². The number of nitrogens with zero attached hydrogens (tertiary/aromatic N) is 4. The third-order valence-corrected chi connectivity index (χ3v) is 4.55. The molecule has 166 valence electrons. The van der Waals surface area contributed by atoms with E-state index in [1.807, 2.05) is 6.92 Å². The maximum atomic E-state index is 12.7. The van der Waals surface area contributed by atoms with Crippen molar-refractivity contribution in [3.8, 4) is 5.75 Å². The molecule has 1 atom stereocenters. The number of nitrogens with one attached hydrogen (secondary N) is 1. The Bertz CT molecular complexity index is 1090. The summed E-state index contributed by atoms with van der Waals surface area (Å²) in [6.07, 6.45) is -2.07. The largest absolute Gasteiger partial charge is 0.573 e. The lowest BCUT2D eigenvalue weighted by atomic mass is 9.97.